The number of hydrogen-bond acceptors (Lipinski definition) is 0. The van der Waals surface area contributed by atoms with Crippen LogP contribution in [-0.4, -0.2) is 11.1 Å². The van der Waals surface area contributed by atoms with Crippen molar-refractivity contribution in [2.24, 2.45) is 0 Å². The minimum atomic E-state index is 0. The quantitative estimate of drug-likeness (QED) is 0.509. The van der Waals surface area contributed by atoms with Gasteiger partial charge in [0.2, 0.25) is 0 Å². The minimum Gasteiger partial charge on any atom is -1.00 e. The van der Waals surface area contributed by atoms with Crippen LogP contribution in [0.3, 0.4) is 0 Å². The number of rotatable bonds is 2. The van der Waals surface area contributed by atoms with Crippen molar-refractivity contribution < 1.29 is 45.4 Å². The average Bonchev–Trinajstić information content (AvgIpc) is 1.14. The molecule has 0 saturated heterocycles. The zero-order valence-electron chi connectivity index (χ0n) is 7.88. The van der Waals surface area contributed by atoms with Crippen LogP contribution in [0.15, 0.2) is 0 Å². The summed E-state index contributed by atoms with van der Waals surface area (Å²) in [5.41, 5.74) is 8.38. The standard InChI is InChI=1S/C7H18N2.2BrH/c1-6(2,8)5-7(3,4)9;;/h5,8-9H2,1-4H3;2*1H. The first kappa shape index (κ1) is 17.8. The SMILES string of the molecule is CC(C)([NH3+])CC(C)(C)[NH3+].[Br-].[Br-]. The van der Waals surface area contributed by atoms with Crippen molar-refractivity contribution in [2.45, 2.75) is 45.2 Å². The molecule has 0 rings (SSSR count). The fourth-order valence-electron chi connectivity index (χ4n) is 1.30. The third kappa shape index (κ3) is 18.1. The number of quaternary nitrogens is 2. The normalized spacial score (nSPS) is 11.5. The number of hydrogen-bond donors (Lipinski definition) is 2. The van der Waals surface area contributed by atoms with Gasteiger partial charge in [-0.25, -0.2) is 0 Å². The maximum Gasteiger partial charge on any atom is 0.0949 e. The van der Waals surface area contributed by atoms with Crippen LogP contribution in [-0.2, 0) is 0 Å². The molecule has 0 spiro atoms. The van der Waals surface area contributed by atoms with Gasteiger partial charge in [0.05, 0.1) is 17.5 Å². The monoisotopic (exact) mass is 290 g/mol. The highest BCUT2D eigenvalue weighted by molar-refractivity contribution is 4.74. The van der Waals surface area contributed by atoms with Gasteiger partial charge < -0.3 is 45.4 Å². The molecule has 6 N–H and O–H groups in total. The molecule has 0 bridgehead atoms. The second-order valence-corrected chi connectivity index (χ2v) is 4.51. The molecule has 0 saturated carbocycles. The molecular formula is C7H20Br2N2. The van der Waals surface area contributed by atoms with Gasteiger partial charge in [0.25, 0.3) is 0 Å². The van der Waals surface area contributed by atoms with E-state index in [1.807, 2.05) is 0 Å². The maximum atomic E-state index is 4.02. The van der Waals surface area contributed by atoms with E-state index >= 15 is 0 Å². The summed E-state index contributed by atoms with van der Waals surface area (Å²) >= 11 is 0. The minimum absolute atomic E-state index is 0. The number of halogens is 2. The largest absolute Gasteiger partial charge is 1.00 e. The molecular weight excluding hydrogens is 272 g/mol. The van der Waals surface area contributed by atoms with Gasteiger partial charge in [-0.05, 0) is 27.7 Å². The Labute approximate surface area is 90.6 Å². The Balaban J connectivity index is -0.000000320. The Hall–Kier alpha value is 0.880. The van der Waals surface area contributed by atoms with Crippen molar-refractivity contribution in [1.82, 2.24) is 0 Å². The van der Waals surface area contributed by atoms with E-state index < -0.39 is 0 Å². The molecule has 2 nitrogen and oxygen atoms in total. The average molecular weight is 292 g/mol. The van der Waals surface area contributed by atoms with E-state index in [0.29, 0.717) is 0 Å². The maximum absolute atomic E-state index is 4.02. The summed E-state index contributed by atoms with van der Waals surface area (Å²) in [4.78, 5) is 0. The van der Waals surface area contributed by atoms with Gasteiger partial charge in [-0.3, -0.25) is 0 Å². The van der Waals surface area contributed by atoms with Gasteiger partial charge in [0, 0.05) is 0 Å². The Morgan fingerprint density at radius 2 is 1.00 bits per heavy atom. The summed E-state index contributed by atoms with van der Waals surface area (Å²) in [5, 5.41) is 0. The van der Waals surface area contributed by atoms with Crippen LogP contribution < -0.4 is 45.4 Å². The molecule has 0 radical (unpaired) electrons. The first-order valence-electron chi connectivity index (χ1n) is 3.41. The van der Waals surface area contributed by atoms with Gasteiger partial charge >= 0.3 is 0 Å². The molecule has 0 aromatic carbocycles. The summed E-state index contributed by atoms with van der Waals surface area (Å²) in [6.07, 6.45) is 1.07. The topological polar surface area (TPSA) is 55.3 Å². The molecule has 11 heavy (non-hydrogen) atoms. The van der Waals surface area contributed by atoms with Gasteiger partial charge in [0.1, 0.15) is 0 Å². The summed E-state index contributed by atoms with van der Waals surface area (Å²) in [7, 11) is 0. The fourth-order valence-corrected chi connectivity index (χ4v) is 1.30. The first-order chi connectivity index (χ1) is 3.71. The smallest absolute Gasteiger partial charge is 0.0949 e. The Morgan fingerprint density at radius 1 is 0.818 bits per heavy atom. The Kier molecular flexibility index (Phi) is 8.94. The second-order valence-electron chi connectivity index (χ2n) is 4.51. The van der Waals surface area contributed by atoms with Crippen LogP contribution in [0.4, 0.5) is 0 Å². The molecule has 0 aliphatic carbocycles. The lowest BCUT2D eigenvalue weighted by molar-refractivity contribution is -0.517. The van der Waals surface area contributed by atoms with Gasteiger partial charge in [0.15, 0.2) is 0 Å². The molecule has 0 amide bonds. The van der Waals surface area contributed by atoms with Crippen molar-refractivity contribution in [2.75, 3.05) is 0 Å². The zero-order chi connectivity index (χ0) is 7.71. The van der Waals surface area contributed by atoms with E-state index in [1.165, 1.54) is 0 Å². The van der Waals surface area contributed by atoms with E-state index in [9.17, 15) is 0 Å². The van der Waals surface area contributed by atoms with E-state index in [0.717, 1.165) is 6.42 Å². The lowest BCUT2D eigenvalue weighted by atomic mass is 9.89. The predicted octanol–water partition coefficient (Wildman–Crippen LogP) is -6.57. The van der Waals surface area contributed by atoms with E-state index in [1.54, 1.807) is 0 Å². The van der Waals surface area contributed by atoms with Crippen molar-refractivity contribution >= 4 is 0 Å². The van der Waals surface area contributed by atoms with Gasteiger partial charge in [-0.2, -0.15) is 0 Å². The molecule has 0 atom stereocenters. The lowest BCUT2D eigenvalue weighted by Crippen LogP contribution is -3.00. The van der Waals surface area contributed by atoms with Crippen molar-refractivity contribution in [3.05, 3.63) is 0 Å². The summed E-state index contributed by atoms with van der Waals surface area (Å²) in [6, 6.07) is 0. The molecule has 0 aromatic heterocycles. The third-order valence-electron chi connectivity index (χ3n) is 0.957. The second kappa shape index (κ2) is 5.51. The molecule has 0 heterocycles. The highest BCUT2D eigenvalue weighted by Gasteiger charge is 2.27. The predicted molar refractivity (Wildman–Crippen MR) is 38.6 cm³/mol. The molecule has 0 unspecified atom stereocenters. The summed E-state index contributed by atoms with van der Waals surface area (Å²) in [6.45, 7) is 8.56. The van der Waals surface area contributed by atoms with E-state index in [2.05, 4.69) is 39.2 Å². The zero-order valence-corrected chi connectivity index (χ0v) is 11.0. The van der Waals surface area contributed by atoms with E-state index in [4.69, 9.17) is 0 Å². The van der Waals surface area contributed by atoms with Crippen LogP contribution in [0.1, 0.15) is 34.1 Å². The summed E-state index contributed by atoms with van der Waals surface area (Å²) < 4.78 is 0. The van der Waals surface area contributed by atoms with E-state index in [-0.39, 0.29) is 45.0 Å². The first-order valence-corrected chi connectivity index (χ1v) is 3.41. The lowest BCUT2D eigenvalue weighted by Gasteiger charge is -2.22. The Morgan fingerprint density at radius 3 is 1.00 bits per heavy atom. The Bertz CT molecular complexity index is 79.6. The van der Waals surface area contributed by atoms with Crippen LogP contribution in [0.25, 0.3) is 0 Å². The van der Waals surface area contributed by atoms with Gasteiger partial charge in [-0.15, -0.1) is 0 Å². The summed E-state index contributed by atoms with van der Waals surface area (Å²) in [5.74, 6) is 0. The van der Waals surface area contributed by atoms with Gasteiger partial charge in [-0.1, -0.05) is 0 Å². The highest BCUT2D eigenvalue weighted by atomic mass is 79.9. The van der Waals surface area contributed by atoms with Crippen LogP contribution in [0, 0.1) is 0 Å². The third-order valence-corrected chi connectivity index (χ3v) is 0.957. The van der Waals surface area contributed by atoms with Crippen LogP contribution in [0.2, 0.25) is 0 Å². The molecule has 0 aliphatic rings. The molecule has 0 aliphatic heterocycles. The van der Waals surface area contributed by atoms with Crippen LogP contribution in [0.5, 0.6) is 0 Å². The highest BCUT2D eigenvalue weighted by Crippen LogP contribution is 2.10. The molecule has 0 aromatic rings. The fraction of sp³-hybridized carbons (Fsp3) is 1.00. The van der Waals surface area contributed by atoms with Crippen molar-refractivity contribution in [1.29, 1.82) is 0 Å². The molecule has 4 heteroatoms. The van der Waals surface area contributed by atoms with Crippen LogP contribution >= 0.6 is 0 Å². The molecule has 72 valence electrons. The van der Waals surface area contributed by atoms with Crippen molar-refractivity contribution in [3.63, 3.8) is 0 Å². The molecule has 0 fully saturated rings. The van der Waals surface area contributed by atoms with Crippen molar-refractivity contribution in [3.8, 4) is 0 Å².